The van der Waals surface area contributed by atoms with E-state index in [-0.39, 0.29) is 12.4 Å². The van der Waals surface area contributed by atoms with Gasteiger partial charge in [0.25, 0.3) is 5.88 Å². The summed E-state index contributed by atoms with van der Waals surface area (Å²) in [5.74, 6) is 1.41. The van der Waals surface area contributed by atoms with Crippen LogP contribution in [0.2, 0.25) is 0 Å². The first-order valence-electron chi connectivity index (χ1n) is 4.65. The van der Waals surface area contributed by atoms with Crippen molar-refractivity contribution < 1.29 is 9.26 Å². The smallest absolute Gasteiger partial charge is 0.254 e. The second kappa shape index (κ2) is 5.22. The van der Waals surface area contributed by atoms with Crippen LogP contribution in [-0.2, 0) is 0 Å². The highest BCUT2D eigenvalue weighted by Crippen LogP contribution is 2.15. The zero-order valence-electron chi connectivity index (χ0n) is 8.16. The first-order valence-corrected chi connectivity index (χ1v) is 4.65. The van der Waals surface area contributed by atoms with Crippen LogP contribution in [0.1, 0.15) is 18.6 Å². The van der Waals surface area contributed by atoms with Gasteiger partial charge in [-0.1, -0.05) is 0 Å². The molecule has 2 heterocycles. The molecule has 1 fully saturated rings. The third-order valence-electron chi connectivity index (χ3n) is 2.18. The summed E-state index contributed by atoms with van der Waals surface area (Å²) in [6, 6.07) is 1.82. The van der Waals surface area contributed by atoms with Gasteiger partial charge in [-0.05, 0) is 38.0 Å². The quantitative estimate of drug-likeness (QED) is 0.818. The van der Waals surface area contributed by atoms with Crippen LogP contribution in [0.4, 0.5) is 0 Å². The summed E-state index contributed by atoms with van der Waals surface area (Å²) in [4.78, 5) is 0. The van der Waals surface area contributed by atoms with E-state index in [1.54, 1.807) is 0 Å². The molecule has 1 saturated heterocycles. The van der Waals surface area contributed by atoms with Crippen molar-refractivity contribution >= 4 is 12.4 Å². The van der Waals surface area contributed by atoms with E-state index in [0.717, 1.165) is 31.7 Å². The molecule has 14 heavy (non-hydrogen) atoms. The molecule has 0 radical (unpaired) electrons. The zero-order valence-corrected chi connectivity index (χ0v) is 8.97. The van der Waals surface area contributed by atoms with E-state index in [0.29, 0.717) is 12.0 Å². The minimum Gasteiger partial charge on any atom is -0.472 e. The van der Waals surface area contributed by atoms with E-state index in [9.17, 15) is 0 Å². The molecule has 1 N–H and O–H groups in total. The topological polar surface area (TPSA) is 47.3 Å². The first-order chi connectivity index (χ1) is 6.34. The predicted octanol–water partition coefficient (Wildman–Crippen LogP) is 1.54. The van der Waals surface area contributed by atoms with E-state index < -0.39 is 0 Å². The van der Waals surface area contributed by atoms with Gasteiger partial charge in [0.15, 0.2) is 0 Å². The number of ether oxygens (including phenoxy) is 1. The number of nitrogens with one attached hydrogen (secondary N) is 1. The van der Waals surface area contributed by atoms with E-state index in [4.69, 9.17) is 9.26 Å². The van der Waals surface area contributed by atoms with Gasteiger partial charge in [0, 0.05) is 6.07 Å². The van der Waals surface area contributed by atoms with E-state index in [1.807, 2.05) is 13.0 Å². The van der Waals surface area contributed by atoms with Gasteiger partial charge in [-0.25, -0.2) is 0 Å². The highest BCUT2D eigenvalue weighted by atomic mass is 35.5. The molecule has 0 aliphatic carbocycles. The van der Waals surface area contributed by atoms with E-state index >= 15 is 0 Å². The molecule has 80 valence electrons. The lowest BCUT2D eigenvalue weighted by atomic mass is 10.1. The maximum absolute atomic E-state index is 5.63. The van der Waals surface area contributed by atoms with Gasteiger partial charge in [0.2, 0.25) is 0 Å². The molecular weight excluding hydrogens is 204 g/mol. The molecule has 1 aliphatic heterocycles. The van der Waals surface area contributed by atoms with Gasteiger partial charge >= 0.3 is 0 Å². The summed E-state index contributed by atoms with van der Waals surface area (Å²) in [5, 5.41) is 7.07. The average Bonchev–Trinajstić information content (AvgIpc) is 2.53. The Balaban J connectivity index is 0.000000980. The van der Waals surface area contributed by atoms with Crippen molar-refractivity contribution in [2.24, 2.45) is 0 Å². The number of aryl methyl sites for hydroxylation is 1. The van der Waals surface area contributed by atoms with Crippen molar-refractivity contribution in [1.82, 2.24) is 10.5 Å². The van der Waals surface area contributed by atoms with Crippen LogP contribution in [0.5, 0.6) is 5.88 Å². The van der Waals surface area contributed by atoms with Crippen molar-refractivity contribution in [2.45, 2.75) is 25.9 Å². The largest absolute Gasteiger partial charge is 0.472 e. The minimum absolute atomic E-state index is 0. The van der Waals surface area contributed by atoms with Crippen LogP contribution >= 0.6 is 12.4 Å². The molecule has 1 aromatic rings. The number of hydrogen-bond acceptors (Lipinski definition) is 4. The van der Waals surface area contributed by atoms with Crippen LogP contribution in [0, 0.1) is 6.92 Å². The molecule has 0 amide bonds. The van der Waals surface area contributed by atoms with Gasteiger partial charge in [0.05, 0.1) is 0 Å². The Morgan fingerprint density at radius 2 is 2.21 bits per heavy atom. The molecule has 0 aromatic carbocycles. The molecule has 0 saturated carbocycles. The number of rotatable bonds is 2. The van der Waals surface area contributed by atoms with Gasteiger partial charge < -0.3 is 14.6 Å². The van der Waals surface area contributed by atoms with Crippen molar-refractivity contribution in [3.63, 3.8) is 0 Å². The molecular formula is C9H15ClN2O2. The highest BCUT2D eigenvalue weighted by Gasteiger charge is 2.15. The lowest BCUT2D eigenvalue weighted by Crippen LogP contribution is -2.34. The van der Waals surface area contributed by atoms with Gasteiger partial charge in [-0.2, -0.15) is 0 Å². The van der Waals surface area contributed by atoms with Crippen molar-refractivity contribution in [3.8, 4) is 5.88 Å². The molecule has 0 unspecified atom stereocenters. The monoisotopic (exact) mass is 218 g/mol. The van der Waals surface area contributed by atoms with Crippen molar-refractivity contribution in [1.29, 1.82) is 0 Å². The SMILES string of the molecule is Cc1cc(OC2CCNCC2)no1.Cl. The number of nitrogens with zero attached hydrogens (tertiary/aromatic N) is 1. The maximum atomic E-state index is 5.63. The summed E-state index contributed by atoms with van der Waals surface area (Å²) < 4.78 is 10.5. The third kappa shape index (κ3) is 2.89. The van der Waals surface area contributed by atoms with E-state index in [1.165, 1.54) is 0 Å². The Bertz CT molecular complexity index is 272. The second-order valence-electron chi connectivity index (χ2n) is 3.34. The first kappa shape index (κ1) is 11.3. The Morgan fingerprint density at radius 1 is 1.50 bits per heavy atom. The average molecular weight is 219 g/mol. The normalized spacial score (nSPS) is 17.5. The fourth-order valence-electron chi connectivity index (χ4n) is 1.48. The zero-order chi connectivity index (χ0) is 9.10. The van der Waals surface area contributed by atoms with Gasteiger partial charge in [-0.15, -0.1) is 12.4 Å². The summed E-state index contributed by atoms with van der Waals surface area (Å²) >= 11 is 0. The molecule has 1 aromatic heterocycles. The molecule has 0 atom stereocenters. The van der Waals surface area contributed by atoms with Crippen LogP contribution < -0.4 is 10.1 Å². The fourth-order valence-corrected chi connectivity index (χ4v) is 1.48. The Labute approximate surface area is 89.4 Å². The van der Waals surface area contributed by atoms with Crippen LogP contribution in [-0.4, -0.2) is 24.4 Å². The van der Waals surface area contributed by atoms with Crippen LogP contribution in [0.15, 0.2) is 10.6 Å². The lowest BCUT2D eigenvalue weighted by molar-refractivity contribution is 0.148. The Hall–Kier alpha value is -0.740. The van der Waals surface area contributed by atoms with Crippen molar-refractivity contribution in [2.75, 3.05) is 13.1 Å². The number of aromatic nitrogens is 1. The summed E-state index contributed by atoms with van der Waals surface area (Å²) in [7, 11) is 0. The molecule has 0 spiro atoms. The molecule has 5 heteroatoms. The maximum Gasteiger partial charge on any atom is 0.254 e. The number of piperidine rings is 1. The number of halogens is 1. The summed E-state index contributed by atoms with van der Waals surface area (Å²) in [5.41, 5.74) is 0. The molecule has 2 rings (SSSR count). The Morgan fingerprint density at radius 3 is 2.79 bits per heavy atom. The highest BCUT2D eigenvalue weighted by molar-refractivity contribution is 5.85. The molecule has 0 bridgehead atoms. The van der Waals surface area contributed by atoms with Gasteiger partial charge in [-0.3, -0.25) is 0 Å². The lowest BCUT2D eigenvalue weighted by Gasteiger charge is -2.22. The van der Waals surface area contributed by atoms with Crippen LogP contribution in [0.3, 0.4) is 0 Å². The number of hydrogen-bond donors (Lipinski definition) is 1. The van der Waals surface area contributed by atoms with Crippen LogP contribution in [0.25, 0.3) is 0 Å². The third-order valence-corrected chi connectivity index (χ3v) is 2.18. The molecule has 4 nitrogen and oxygen atoms in total. The minimum atomic E-state index is 0. The summed E-state index contributed by atoms with van der Waals surface area (Å²) in [6.45, 7) is 3.92. The van der Waals surface area contributed by atoms with E-state index in [2.05, 4.69) is 10.5 Å². The Kier molecular flexibility index (Phi) is 4.22. The summed E-state index contributed by atoms with van der Waals surface area (Å²) in [6.07, 6.45) is 2.39. The van der Waals surface area contributed by atoms with Gasteiger partial charge in [0.1, 0.15) is 11.9 Å². The molecule has 1 aliphatic rings. The van der Waals surface area contributed by atoms with Crippen molar-refractivity contribution in [3.05, 3.63) is 11.8 Å². The fraction of sp³-hybridized carbons (Fsp3) is 0.667. The standard InChI is InChI=1S/C9H14N2O2.ClH/c1-7-6-9(11-13-7)12-8-2-4-10-5-3-8;/h6,8,10H,2-5H2,1H3;1H. The predicted molar refractivity (Wildman–Crippen MR) is 55.0 cm³/mol. The second-order valence-corrected chi connectivity index (χ2v) is 3.34.